The summed E-state index contributed by atoms with van der Waals surface area (Å²) in [5, 5.41) is 0.912. The Kier molecular flexibility index (Phi) is 3.79. The Morgan fingerprint density at radius 1 is 1.10 bits per heavy atom. The standard InChI is InChI=1S/C17H15FN2O/c18-13-5-1-4-12(10-13)17(11-19)21-16-8-2-7-15-14(16)6-3-9-20-15/h1-10,17H,11,19H2. The number of hydrogen-bond acceptors (Lipinski definition) is 3. The van der Waals surface area contributed by atoms with E-state index in [1.807, 2.05) is 36.4 Å². The molecule has 1 atom stereocenters. The molecule has 0 fully saturated rings. The van der Waals surface area contributed by atoms with Crippen LogP contribution in [0.5, 0.6) is 5.75 Å². The van der Waals surface area contributed by atoms with Crippen molar-refractivity contribution in [1.29, 1.82) is 0 Å². The molecule has 21 heavy (non-hydrogen) atoms. The van der Waals surface area contributed by atoms with Gasteiger partial charge in [0.25, 0.3) is 0 Å². The van der Waals surface area contributed by atoms with E-state index in [0.717, 1.165) is 16.5 Å². The maximum atomic E-state index is 13.3. The van der Waals surface area contributed by atoms with Crippen molar-refractivity contribution < 1.29 is 9.13 Å². The minimum absolute atomic E-state index is 0.264. The Bertz CT molecular complexity index is 755. The van der Waals surface area contributed by atoms with E-state index in [1.165, 1.54) is 12.1 Å². The van der Waals surface area contributed by atoms with E-state index in [0.29, 0.717) is 5.75 Å². The van der Waals surface area contributed by atoms with Crippen LogP contribution in [-0.4, -0.2) is 11.5 Å². The smallest absolute Gasteiger partial charge is 0.136 e. The molecule has 4 heteroatoms. The van der Waals surface area contributed by atoms with E-state index >= 15 is 0 Å². The van der Waals surface area contributed by atoms with Crippen molar-refractivity contribution in [2.75, 3.05) is 6.54 Å². The average molecular weight is 282 g/mol. The fourth-order valence-electron chi connectivity index (χ4n) is 2.29. The van der Waals surface area contributed by atoms with Crippen molar-refractivity contribution in [3.05, 3.63) is 72.2 Å². The van der Waals surface area contributed by atoms with Gasteiger partial charge in [-0.1, -0.05) is 18.2 Å². The van der Waals surface area contributed by atoms with Crippen molar-refractivity contribution >= 4 is 10.9 Å². The van der Waals surface area contributed by atoms with Crippen molar-refractivity contribution in [3.8, 4) is 5.75 Å². The molecule has 0 spiro atoms. The largest absolute Gasteiger partial charge is 0.484 e. The molecule has 0 saturated heterocycles. The molecule has 0 radical (unpaired) electrons. The van der Waals surface area contributed by atoms with Crippen molar-refractivity contribution in [3.63, 3.8) is 0 Å². The molecule has 0 bridgehead atoms. The first-order valence-electron chi connectivity index (χ1n) is 6.74. The summed E-state index contributed by atoms with van der Waals surface area (Å²) in [7, 11) is 0. The summed E-state index contributed by atoms with van der Waals surface area (Å²) in [5.74, 6) is 0.398. The minimum atomic E-state index is -0.397. The predicted molar refractivity (Wildman–Crippen MR) is 80.6 cm³/mol. The van der Waals surface area contributed by atoms with Gasteiger partial charge in [0.15, 0.2) is 0 Å². The van der Waals surface area contributed by atoms with Crippen LogP contribution in [0, 0.1) is 5.82 Å². The van der Waals surface area contributed by atoms with Gasteiger partial charge in [-0.2, -0.15) is 0 Å². The lowest BCUT2D eigenvalue weighted by molar-refractivity contribution is 0.216. The number of ether oxygens (including phenoxy) is 1. The molecule has 0 aliphatic rings. The molecule has 0 aliphatic carbocycles. The highest BCUT2D eigenvalue weighted by Crippen LogP contribution is 2.28. The zero-order chi connectivity index (χ0) is 14.7. The SMILES string of the molecule is NCC(Oc1cccc2ncccc12)c1cccc(F)c1. The molecule has 3 aromatic rings. The van der Waals surface area contributed by atoms with Gasteiger partial charge in [0.05, 0.1) is 5.52 Å². The molecule has 1 unspecified atom stereocenters. The third kappa shape index (κ3) is 2.85. The predicted octanol–water partition coefficient (Wildman–Crippen LogP) is 3.45. The summed E-state index contributed by atoms with van der Waals surface area (Å²) < 4.78 is 19.3. The first kappa shape index (κ1) is 13.5. The van der Waals surface area contributed by atoms with Crippen molar-refractivity contribution in [1.82, 2.24) is 4.98 Å². The molecule has 3 nitrogen and oxygen atoms in total. The highest BCUT2D eigenvalue weighted by molar-refractivity contribution is 5.84. The zero-order valence-corrected chi connectivity index (χ0v) is 11.4. The second-order valence-corrected chi connectivity index (χ2v) is 4.72. The fraction of sp³-hybridized carbons (Fsp3) is 0.118. The van der Waals surface area contributed by atoms with Gasteiger partial charge in [-0.15, -0.1) is 0 Å². The molecule has 0 saturated carbocycles. The van der Waals surface area contributed by atoms with Crippen LogP contribution in [0.4, 0.5) is 4.39 Å². The lowest BCUT2D eigenvalue weighted by Crippen LogP contribution is -2.18. The van der Waals surface area contributed by atoms with E-state index in [2.05, 4.69) is 4.98 Å². The summed E-state index contributed by atoms with van der Waals surface area (Å²) >= 11 is 0. The second-order valence-electron chi connectivity index (χ2n) is 4.72. The van der Waals surface area contributed by atoms with E-state index < -0.39 is 6.10 Å². The summed E-state index contributed by atoms with van der Waals surface area (Å²) in [4.78, 5) is 4.29. The summed E-state index contributed by atoms with van der Waals surface area (Å²) in [5.41, 5.74) is 7.36. The van der Waals surface area contributed by atoms with Gasteiger partial charge < -0.3 is 10.5 Å². The third-order valence-corrected chi connectivity index (χ3v) is 3.31. The van der Waals surface area contributed by atoms with Gasteiger partial charge in [0.2, 0.25) is 0 Å². The molecule has 1 heterocycles. The van der Waals surface area contributed by atoms with Gasteiger partial charge in [0, 0.05) is 18.1 Å². The second kappa shape index (κ2) is 5.89. The quantitative estimate of drug-likeness (QED) is 0.797. The molecule has 1 aromatic heterocycles. The summed E-state index contributed by atoms with van der Waals surface area (Å²) in [6, 6.07) is 15.8. The number of pyridine rings is 1. The number of nitrogens with two attached hydrogens (primary N) is 1. The number of nitrogens with zero attached hydrogens (tertiary/aromatic N) is 1. The van der Waals surface area contributed by atoms with Crippen molar-refractivity contribution in [2.45, 2.75) is 6.10 Å². The fourth-order valence-corrected chi connectivity index (χ4v) is 2.29. The lowest BCUT2D eigenvalue weighted by Gasteiger charge is -2.19. The van der Waals surface area contributed by atoms with Crippen LogP contribution in [0.2, 0.25) is 0 Å². The molecule has 2 N–H and O–H groups in total. The Labute approximate surface area is 122 Å². The molecular weight excluding hydrogens is 267 g/mol. The molecule has 2 aromatic carbocycles. The number of benzene rings is 2. The summed E-state index contributed by atoms with van der Waals surface area (Å²) in [6.45, 7) is 0.264. The maximum Gasteiger partial charge on any atom is 0.136 e. The third-order valence-electron chi connectivity index (χ3n) is 3.31. The molecule has 3 rings (SSSR count). The van der Waals surface area contributed by atoms with Gasteiger partial charge in [0.1, 0.15) is 17.7 Å². The first-order chi connectivity index (χ1) is 10.3. The highest BCUT2D eigenvalue weighted by atomic mass is 19.1. The molecule has 0 amide bonds. The van der Waals surface area contributed by atoms with Crippen LogP contribution in [0.1, 0.15) is 11.7 Å². The topological polar surface area (TPSA) is 48.1 Å². The molecule has 106 valence electrons. The van der Waals surface area contributed by atoms with Gasteiger partial charge in [-0.05, 0) is 42.0 Å². The van der Waals surface area contributed by atoms with Crippen LogP contribution in [0.15, 0.2) is 60.8 Å². The average Bonchev–Trinajstić information content (AvgIpc) is 2.52. The van der Waals surface area contributed by atoms with Gasteiger partial charge in [-0.3, -0.25) is 4.98 Å². The highest BCUT2D eigenvalue weighted by Gasteiger charge is 2.14. The van der Waals surface area contributed by atoms with Gasteiger partial charge >= 0.3 is 0 Å². The van der Waals surface area contributed by atoms with Crippen LogP contribution in [-0.2, 0) is 0 Å². The minimum Gasteiger partial charge on any atom is -0.484 e. The van der Waals surface area contributed by atoms with E-state index in [1.54, 1.807) is 12.3 Å². The van der Waals surface area contributed by atoms with Crippen LogP contribution < -0.4 is 10.5 Å². The van der Waals surface area contributed by atoms with Crippen LogP contribution >= 0.6 is 0 Å². The van der Waals surface area contributed by atoms with E-state index in [9.17, 15) is 4.39 Å². The number of rotatable bonds is 4. The van der Waals surface area contributed by atoms with Crippen molar-refractivity contribution in [2.24, 2.45) is 5.73 Å². The monoisotopic (exact) mass is 282 g/mol. The van der Waals surface area contributed by atoms with E-state index in [4.69, 9.17) is 10.5 Å². The number of aromatic nitrogens is 1. The zero-order valence-electron chi connectivity index (χ0n) is 11.4. The summed E-state index contributed by atoms with van der Waals surface area (Å²) in [6.07, 6.45) is 1.34. The Morgan fingerprint density at radius 3 is 2.76 bits per heavy atom. The Hall–Kier alpha value is -2.46. The first-order valence-corrected chi connectivity index (χ1v) is 6.74. The number of fused-ring (bicyclic) bond motifs is 1. The van der Waals surface area contributed by atoms with Crippen LogP contribution in [0.25, 0.3) is 10.9 Å². The Balaban J connectivity index is 1.96. The Morgan fingerprint density at radius 2 is 1.95 bits per heavy atom. The maximum absolute atomic E-state index is 13.3. The molecule has 0 aliphatic heterocycles. The van der Waals surface area contributed by atoms with Crippen LogP contribution in [0.3, 0.4) is 0 Å². The lowest BCUT2D eigenvalue weighted by atomic mass is 10.1. The number of hydrogen-bond donors (Lipinski definition) is 1. The molecular formula is C17H15FN2O. The normalized spacial score (nSPS) is 12.3. The number of halogens is 1. The van der Waals surface area contributed by atoms with Gasteiger partial charge in [-0.25, -0.2) is 4.39 Å². The van der Waals surface area contributed by atoms with E-state index in [-0.39, 0.29) is 12.4 Å².